The molecule has 0 radical (unpaired) electrons. The molecule has 1 amide bonds. The number of hydrogen-bond donors (Lipinski definition) is 1. The number of carbonyl (C=O) groups excluding carboxylic acids is 1. The van der Waals surface area contributed by atoms with Crippen LogP contribution in [0.1, 0.15) is 32.6 Å². The molecule has 126 valence electrons. The van der Waals surface area contributed by atoms with Gasteiger partial charge in [0.1, 0.15) is 5.75 Å². The van der Waals surface area contributed by atoms with Gasteiger partial charge >= 0.3 is 0 Å². The van der Waals surface area contributed by atoms with Gasteiger partial charge in [-0.1, -0.05) is 0 Å². The van der Waals surface area contributed by atoms with Crippen molar-refractivity contribution in [3.8, 4) is 5.75 Å². The highest BCUT2D eigenvalue weighted by atomic mass is 32.2. The molecule has 3 atom stereocenters. The largest absolute Gasteiger partial charge is 0.497 e. The molecule has 2 heterocycles. The molecule has 3 rings (SSSR count). The minimum absolute atomic E-state index is 0.0686. The molecule has 5 heteroatoms. The number of ether oxygens (including phenoxy) is 1. The molecule has 1 aromatic carbocycles. The fourth-order valence-electron chi connectivity index (χ4n) is 3.72. The molecule has 0 saturated carbocycles. The number of amides is 1. The van der Waals surface area contributed by atoms with E-state index in [1.54, 1.807) is 18.9 Å². The number of methoxy groups -OCH3 is 1. The van der Waals surface area contributed by atoms with Gasteiger partial charge in [0.2, 0.25) is 5.91 Å². The van der Waals surface area contributed by atoms with Crippen LogP contribution in [0.5, 0.6) is 5.75 Å². The topological polar surface area (TPSA) is 41.6 Å². The first-order valence-electron chi connectivity index (χ1n) is 8.40. The first-order chi connectivity index (χ1) is 11.1. The Kier molecular flexibility index (Phi) is 5.17. The second-order valence-electron chi connectivity index (χ2n) is 6.65. The molecule has 1 aromatic rings. The lowest BCUT2D eigenvalue weighted by molar-refractivity contribution is -0.131. The Morgan fingerprint density at radius 3 is 2.43 bits per heavy atom. The molecular formula is C18H26N2O2S. The Balaban J connectivity index is 1.57. The van der Waals surface area contributed by atoms with Gasteiger partial charge in [-0.25, -0.2) is 0 Å². The fourth-order valence-corrected chi connectivity index (χ4v) is 4.69. The molecule has 23 heavy (non-hydrogen) atoms. The first-order valence-corrected chi connectivity index (χ1v) is 9.28. The lowest BCUT2D eigenvalue weighted by atomic mass is 9.98. The van der Waals surface area contributed by atoms with Crippen molar-refractivity contribution in [1.29, 1.82) is 0 Å². The number of nitrogens with one attached hydrogen (secondary N) is 1. The third-order valence-electron chi connectivity index (χ3n) is 5.06. The van der Waals surface area contributed by atoms with E-state index in [0.717, 1.165) is 23.5 Å². The third kappa shape index (κ3) is 3.83. The van der Waals surface area contributed by atoms with Crippen LogP contribution in [-0.2, 0) is 4.79 Å². The van der Waals surface area contributed by atoms with Gasteiger partial charge in [0, 0.05) is 30.1 Å². The summed E-state index contributed by atoms with van der Waals surface area (Å²) in [5.74, 6) is 1.08. The van der Waals surface area contributed by atoms with E-state index in [9.17, 15) is 4.79 Å². The highest BCUT2D eigenvalue weighted by Crippen LogP contribution is 2.31. The van der Waals surface area contributed by atoms with Crippen LogP contribution < -0.4 is 10.1 Å². The van der Waals surface area contributed by atoms with E-state index in [0.29, 0.717) is 18.1 Å². The van der Waals surface area contributed by atoms with Crippen molar-refractivity contribution >= 4 is 17.7 Å². The summed E-state index contributed by atoms with van der Waals surface area (Å²) in [7, 11) is 3.64. The summed E-state index contributed by atoms with van der Waals surface area (Å²) in [6.45, 7) is 2.00. The fraction of sp³-hybridized carbons (Fsp3) is 0.611. The first kappa shape index (κ1) is 16.7. The van der Waals surface area contributed by atoms with Gasteiger partial charge in [0.15, 0.2) is 0 Å². The second-order valence-corrected chi connectivity index (χ2v) is 8.06. The van der Waals surface area contributed by atoms with Gasteiger partial charge in [-0.05, 0) is 56.9 Å². The van der Waals surface area contributed by atoms with Gasteiger partial charge in [0.25, 0.3) is 0 Å². The highest BCUT2D eigenvalue weighted by Gasteiger charge is 2.37. The van der Waals surface area contributed by atoms with Crippen LogP contribution in [0.3, 0.4) is 0 Å². The lowest BCUT2D eigenvalue weighted by Crippen LogP contribution is -2.50. The Bertz CT molecular complexity index is 536. The second kappa shape index (κ2) is 7.14. The van der Waals surface area contributed by atoms with E-state index in [1.807, 2.05) is 43.1 Å². The van der Waals surface area contributed by atoms with Crippen LogP contribution in [0.2, 0.25) is 0 Å². The van der Waals surface area contributed by atoms with Crippen LogP contribution in [0.4, 0.5) is 0 Å². The Labute approximate surface area is 143 Å². The summed E-state index contributed by atoms with van der Waals surface area (Å²) in [4.78, 5) is 15.9. The van der Waals surface area contributed by atoms with Crippen LogP contribution in [0, 0.1) is 0 Å². The summed E-state index contributed by atoms with van der Waals surface area (Å²) in [6, 6.07) is 9.51. The zero-order valence-corrected chi connectivity index (χ0v) is 14.9. The SMILES string of the molecule is COc1ccc(SC(C)C(=O)N(C)C2CC3CCC(C2)N3)cc1. The normalized spacial score (nSPS) is 27.5. The summed E-state index contributed by atoms with van der Waals surface area (Å²) in [5.41, 5.74) is 0. The molecule has 2 saturated heterocycles. The minimum atomic E-state index is -0.0686. The summed E-state index contributed by atoms with van der Waals surface area (Å²) >= 11 is 1.62. The molecule has 2 bridgehead atoms. The van der Waals surface area contributed by atoms with Gasteiger partial charge in [-0.15, -0.1) is 11.8 Å². The van der Waals surface area contributed by atoms with Crippen molar-refractivity contribution in [1.82, 2.24) is 10.2 Å². The van der Waals surface area contributed by atoms with Crippen molar-refractivity contribution in [3.05, 3.63) is 24.3 Å². The lowest BCUT2D eigenvalue weighted by Gasteiger charge is -2.36. The van der Waals surface area contributed by atoms with E-state index >= 15 is 0 Å². The number of nitrogens with zero attached hydrogens (tertiary/aromatic N) is 1. The molecule has 1 N–H and O–H groups in total. The quantitative estimate of drug-likeness (QED) is 0.841. The number of rotatable bonds is 5. The maximum Gasteiger partial charge on any atom is 0.235 e. The standard InChI is InChI=1S/C18H26N2O2S/c1-12(23-17-8-6-16(22-3)7-9-17)18(21)20(2)15-10-13-4-5-14(11-15)19-13/h6-9,12-15,19H,4-5,10-11H2,1-3H3. The third-order valence-corrected chi connectivity index (χ3v) is 6.16. The van der Waals surface area contributed by atoms with Crippen molar-refractivity contribution in [2.45, 2.75) is 60.9 Å². The van der Waals surface area contributed by atoms with Gasteiger partial charge in [-0.2, -0.15) is 0 Å². The number of piperidine rings is 1. The zero-order chi connectivity index (χ0) is 16.4. The average molecular weight is 334 g/mol. The van der Waals surface area contributed by atoms with Crippen LogP contribution >= 0.6 is 11.8 Å². The van der Waals surface area contributed by atoms with Crippen LogP contribution in [0.25, 0.3) is 0 Å². The minimum Gasteiger partial charge on any atom is -0.497 e. The number of hydrogen-bond acceptors (Lipinski definition) is 4. The van der Waals surface area contributed by atoms with Crippen LogP contribution in [-0.4, -0.2) is 48.3 Å². The maximum absolute atomic E-state index is 12.8. The molecular weight excluding hydrogens is 308 g/mol. The van der Waals surface area contributed by atoms with Gasteiger partial charge in [0.05, 0.1) is 12.4 Å². The maximum atomic E-state index is 12.8. The Morgan fingerprint density at radius 1 is 1.26 bits per heavy atom. The summed E-state index contributed by atoms with van der Waals surface area (Å²) < 4.78 is 5.17. The Morgan fingerprint density at radius 2 is 1.87 bits per heavy atom. The highest BCUT2D eigenvalue weighted by molar-refractivity contribution is 8.00. The number of thioether (sulfide) groups is 1. The molecule has 2 aliphatic heterocycles. The van der Waals surface area contributed by atoms with Gasteiger partial charge in [-0.3, -0.25) is 4.79 Å². The molecule has 0 aliphatic carbocycles. The zero-order valence-electron chi connectivity index (χ0n) is 14.1. The number of fused-ring (bicyclic) bond motifs is 2. The van der Waals surface area contributed by atoms with Crippen molar-refractivity contribution in [2.75, 3.05) is 14.2 Å². The van der Waals surface area contributed by atoms with Gasteiger partial charge < -0.3 is 15.0 Å². The molecule has 3 unspecified atom stereocenters. The molecule has 0 aromatic heterocycles. The van der Waals surface area contributed by atoms with Crippen molar-refractivity contribution in [3.63, 3.8) is 0 Å². The molecule has 2 fully saturated rings. The predicted octanol–water partition coefficient (Wildman–Crippen LogP) is 2.92. The van der Waals surface area contributed by atoms with Crippen LogP contribution in [0.15, 0.2) is 29.2 Å². The van der Waals surface area contributed by atoms with E-state index in [2.05, 4.69) is 5.32 Å². The summed E-state index contributed by atoms with van der Waals surface area (Å²) in [6.07, 6.45) is 4.72. The predicted molar refractivity (Wildman–Crippen MR) is 94.1 cm³/mol. The number of benzene rings is 1. The van der Waals surface area contributed by atoms with E-state index in [-0.39, 0.29) is 11.2 Å². The smallest absolute Gasteiger partial charge is 0.235 e. The molecule has 2 aliphatic rings. The van der Waals surface area contributed by atoms with Crippen molar-refractivity contribution < 1.29 is 9.53 Å². The Hall–Kier alpha value is -1.20. The van der Waals surface area contributed by atoms with E-state index < -0.39 is 0 Å². The monoisotopic (exact) mass is 334 g/mol. The summed E-state index contributed by atoms with van der Waals surface area (Å²) in [5, 5.41) is 3.57. The van der Waals surface area contributed by atoms with E-state index in [4.69, 9.17) is 4.74 Å². The number of carbonyl (C=O) groups is 1. The molecule has 4 nitrogen and oxygen atoms in total. The average Bonchev–Trinajstić information content (AvgIpc) is 2.92. The van der Waals surface area contributed by atoms with E-state index in [1.165, 1.54) is 12.8 Å². The van der Waals surface area contributed by atoms with Crippen molar-refractivity contribution in [2.24, 2.45) is 0 Å². The molecule has 0 spiro atoms.